The standard InChI is InChI=1S/C22H32O5/c1-13(18(23)24)16-15(22(4)11-7-10-21(2,3)12-22)9-8-14-17(16)20(26-6)27-19(14)25-5/h8-9,13,19-20H,7,10-12H2,1-6H3,(H,23,24)/t13-,19-,20-,22+/m1/s1. The fourth-order valence-electron chi connectivity index (χ4n) is 5.27. The SMILES string of the molecule is CO[C@@H]1O[C@@H](OC)c2c1ccc([C@@]1(C)CCCC(C)(C)C1)c2[C@@H](C)C(=O)O. The smallest absolute Gasteiger partial charge is 0.310 e. The molecular formula is C22H32O5. The molecule has 4 atom stereocenters. The van der Waals surface area contributed by atoms with Crippen LogP contribution in [0.1, 0.15) is 94.1 Å². The highest BCUT2D eigenvalue weighted by atomic mass is 16.8. The van der Waals surface area contributed by atoms with Crippen LogP contribution in [0.3, 0.4) is 0 Å². The van der Waals surface area contributed by atoms with Gasteiger partial charge in [-0.3, -0.25) is 4.79 Å². The average Bonchev–Trinajstić information content (AvgIpc) is 2.97. The number of aliphatic carboxylic acids is 1. The zero-order chi connectivity index (χ0) is 20.0. The largest absolute Gasteiger partial charge is 0.481 e. The summed E-state index contributed by atoms with van der Waals surface area (Å²) in [5.74, 6) is -1.48. The molecule has 3 rings (SSSR count). The lowest BCUT2D eigenvalue weighted by Gasteiger charge is -2.44. The summed E-state index contributed by atoms with van der Waals surface area (Å²) in [5, 5.41) is 9.85. The highest BCUT2D eigenvalue weighted by Gasteiger charge is 2.44. The van der Waals surface area contributed by atoms with Crippen molar-refractivity contribution in [1.82, 2.24) is 0 Å². The number of methoxy groups -OCH3 is 2. The number of hydrogen-bond acceptors (Lipinski definition) is 4. The minimum Gasteiger partial charge on any atom is -0.481 e. The molecule has 0 spiro atoms. The van der Waals surface area contributed by atoms with E-state index in [0.29, 0.717) is 0 Å². The molecule has 27 heavy (non-hydrogen) atoms. The summed E-state index contributed by atoms with van der Waals surface area (Å²) in [6, 6.07) is 4.13. The second-order valence-corrected chi connectivity index (χ2v) is 9.12. The Labute approximate surface area is 162 Å². The molecule has 0 bridgehead atoms. The zero-order valence-corrected chi connectivity index (χ0v) is 17.3. The van der Waals surface area contributed by atoms with E-state index in [4.69, 9.17) is 14.2 Å². The molecule has 1 fully saturated rings. The van der Waals surface area contributed by atoms with E-state index in [1.165, 1.54) is 6.42 Å². The third-order valence-electron chi connectivity index (χ3n) is 6.39. The Balaban J connectivity index is 2.22. The Bertz CT molecular complexity index is 726. The first-order valence-electron chi connectivity index (χ1n) is 9.74. The molecular weight excluding hydrogens is 344 g/mol. The van der Waals surface area contributed by atoms with Crippen LogP contribution < -0.4 is 0 Å². The van der Waals surface area contributed by atoms with Crippen LogP contribution in [0.25, 0.3) is 0 Å². The van der Waals surface area contributed by atoms with E-state index in [2.05, 4.69) is 26.8 Å². The number of fused-ring (bicyclic) bond motifs is 1. The van der Waals surface area contributed by atoms with Gasteiger partial charge in [-0.1, -0.05) is 39.3 Å². The van der Waals surface area contributed by atoms with Gasteiger partial charge in [0.15, 0.2) is 12.6 Å². The van der Waals surface area contributed by atoms with Crippen LogP contribution in [-0.4, -0.2) is 25.3 Å². The second kappa shape index (κ2) is 7.19. The summed E-state index contributed by atoms with van der Waals surface area (Å²) >= 11 is 0. The van der Waals surface area contributed by atoms with E-state index in [1.54, 1.807) is 21.1 Å². The lowest BCUT2D eigenvalue weighted by molar-refractivity contribution is -0.217. The first-order chi connectivity index (χ1) is 12.6. The van der Waals surface area contributed by atoms with Crippen molar-refractivity contribution in [3.63, 3.8) is 0 Å². The molecule has 5 nitrogen and oxygen atoms in total. The van der Waals surface area contributed by atoms with E-state index >= 15 is 0 Å². The average molecular weight is 376 g/mol. The minimum atomic E-state index is -0.834. The molecule has 0 saturated heterocycles. The molecule has 1 aliphatic heterocycles. The maximum absolute atomic E-state index is 12.0. The van der Waals surface area contributed by atoms with Gasteiger partial charge in [0.05, 0.1) is 5.92 Å². The third kappa shape index (κ3) is 3.53. The lowest BCUT2D eigenvalue weighted by atomic mass is 9.60. The Morgan fingerprint density at radius 1 is 1.19 bits per heavy atom. The number of rotatable bonds is 5. The molecule has 0 radical (unpaired) electrons. The van der Waals surface area contributed by atoms with Crippen molar-refractivity contribution in [2.45, 2.75) is 77.3 Å². The Morgan fingerprint density at radius 2 is 1.85 bits per heavy atom. The Kier molecular flexibility index (Phi) is 5.41. The maximum atomic E-state index is 12.0. The summed E-state index contributed by atoms with van der Waals surface area (Å²) in [6.07, 6.45) is 3.29. The number of carbonyl (C=O) groups is 1. The highest BCUT2D eigenvalue weighted by Crippen LogP contribution is 2.52. The summed E-state index contributed by atoms with van der Waals surface area (Å²) < 4.78 is 16.9. The van der Waals surface area contributed by atoms with Crippen molar-refractivity contribution < 1.29 is 24.1 Å². The van der Waals surface area contributed by atoms with Crippen molar-refractivity contribution in [3.05, 3.63) is 34.4 Å². The molecule has 1 heterocycles. The normalized spacial score (nSPS) is 30.7. The molecule has 1 aromatic carbocycles. The van der Waals surface area contributed by atoms with Crippen molar-refractivity contribution in [1.29, 1.82) is 0 Å². The third-order valence-corrected chi connectivity index (χ3v) is 6.39. The quantitative estimate of drug-likeness (QED) is 0.779. The van der Waals surface area contributed by atoms with Gasteiger partial charge in [-0.25, -0.2) is 0 Å². The van der Waals surface area contributed by atoms with Crippen molar-refractivity contribution in [2.24, 2.45) is 5.41 Å². The van der Waals surface area contributed by atoms with Gasteiger partial charge in [0.1, 0.15) is 0 Å². The van der Waals surface area contributed by atoms with Crippen LogP contribution in [0.5, 0.6) is 0 Å². The molecule has 5 heteroatoms. The molecule has 1 aliphatic carbocycles. The summed E-state index contributed by atoms with van der Waals surface area (Å²) in [5.41, 5.74) is 3.83. The van der Waals surface area contributed by atoms with Crippen LogP contribution in [0.4, 0.5) is 0 Å². The van der Waals surface area contributed by atoms with Gasteiger partial charge in [0.25, 0.3) is 0 Å². The van der Waals surface area contributed by atoms with Gasteiger partial charge < -0.3 is 19.3 Å². The van der Waals surface area contributed by atoms with E-state index in [-0.39, 0.29) is 10.8 Å². The van der Waals surface area contributed by atoms with Crippen molar-refractivity contribution >= 4 is 5.97 Å². The van der Waals surface area contributed by atoms with Crippen LogP contribution >= 0.6 is 0 Å². The molecule has 2 aliphatic rings. The molecule has 1 N–H and O–H groups in total. The zero-order valence-electron chi connectivity index (χ0n) is 17.3. The number of carboxylic acids is 1. The van der Waals surface area contributed by atoms with E-state index in [0.717, 1.165) is 41.5 Å². The first kappa shape index (κ1) is 20.3. The monoisotopic (exact) mass is 376 g/mol. The molecule has 1 saturated carbocycles. The van der Waals surface area contributed by atoms with Gasteiger partial charge in [-0.05, 0) is 48.1 Å². The van der Waals surface area contributed by atoms with Gasteiger partial charge in [-0.15, -0.1) is 0 Å². The van der Waals surface area contributed by atoms with E-state index < -0.39 is 24.5 Å². The Morgan fingerprint density at radius 3 is 2.41 bits per heavy atom. The molecule has 0 amide bonds. The Hall–Kier alpha value is -1.43. The highest BCUT2D eigenvalue weighted by molar-refractivity contribution is 5.77. The number of ether oxygens (including phenoxy) is 3. The minimum absolute atomic E-state index is 0.0702. The number of carboxylic acid groups (broad SMARTS) is 1. The summed E-state index contributed by atoms with van der Waals surface area (Å²) in [7, 11) is 3.17. The number of hydrogen-bond donors (Lipinski definition) is 1. The first-order valence-corrected chi connectivity index (χ1v) is 9.74. The van der Waals surface area contributed by atoms with Gasteiger partial charge in [0.2, 0.25) is 0 Å². The van der Waals surface area contributed by atoms with E-state index in [9.17, 15) is 9.90 Å². The predicted octanol–water partition coefficient (Wildman–Crippen LogP) is 5.05. The molecule has 0 aromatic heterocycles. The molecule has 0 unspecified atom stereocenters. The van der Waals surface area contributed by atoms with Crippen LogP contribution in [0.2, 0.25) is 0 Å². The van der Waals surface area contributed by atoms with Gasteiger partial charge in [0, 0.05) is 25.3 Å². The van der Waals surface area contributed by atoms with Crippen molar-refractivity contribution in [2.75, 3.05) is 14.2 Å². The van der Waals surface area contributed by atoms with Crippen LogP contribution in [-0.2, 0) is 24.4 Å². The lowest BCUT2D eigenvalue weighted by Crippen LogP contribution is -2.36. The number of benzene rings is 1. The fraction of sp³-hybridized carbons (Fsp3) is 0.682. The van der Waals surface area contributed by atoms with E-state index in [1.807, 2.05) is 6.07 Å². The van der Waals surface area contributed by atoms with Gasteiger partial charge in [-0.2, -0.15) is 0 Å². The molecule has 1 aromatic rings. The summed E-state index contributed by atoms with van der Waals surface area (Å²) in [6.45, 7) is 8.64. The van der Waals surface area contributed by atoms with Crippen LogP contribution in [0.15, 0.2) is 12.1 Å². The topological polar surface area (TPSA) is 65.0 Å². The van der Waals surface area contributed by atoms with Gasteiger partial charge >= 0.3 is 5.97 Å². The van der Waals surface area contributed by atoms with Crippen molar-refractivity contribution in [3.8, 4) is 0 Å². The summed E-state index contributed by atoms with van der Waals surface area (Å²) in [4.78, 5) is 12.0. The maximum Gasteiger partial charge on any atom is 0.310 e. The molecule has 150 valence electrons. The fourth-order valence-corrected chi connectivity index (χ4v) is 5.27. The predicted molar refractivity (Wildman–Crippen MR) is 103 cm³/mol. The second-order valence-electron chi connectivity index (χ2n) is 9.12. The van der Waals surface area contributed by atoms with Crippen LogP contribution in [0, 0.1) is 5.41 Å².